The summed E-state index contributed by atoms with van der Waals surface area (Å²) in [4.78, 5) is 19.4. The summed E-state index contributed by atoms with van der Waals surface area (Å²) in [5.41, 5.74) is 0. The van der Waals surface area contributed by atoms with Crippen LogP contribution in [0.2, 0.25) is 0 Å². The van der Waals surface area contributed by atoms with Crippen molar-refractivity contribution in [1.29, 1.82) is 0 Å². The summed E-state index contributed by atoms with van der Waals surface area (Å²) in [5.74, 6) is -0.0638. The van der Waals surface area contributed by atoms with Crippen molar-refractivity contribution in [2.45, 2.75) is 6.42 Å². The minimum absolute atomic E-state index is 0.117. The molecule has 1 radical (unpaired) electrons. The van der Waals surface area contributed by atoms with Gasteiger partial charge in [0.25, 0.3) is 0 Å². The number of thioether (sulfide) groups is 1. The van der Waals surface area contributed by atoms with E-state index in [0.29, 0.717) is 5.75 Å². The second-order valence-electron chi connectivity index (χ2n) is 1.34. The molecule has 1 N–H and O–H groups in total. The van der Waals surface area contributed by atoms with Crippen LogP contribution in [0.4, 0.5) is 0 Å². The number of rotatable bonds is 5. The maximum Gasteiger partial charge on any atom is 0.304 e. The highest BCUT2D eigenvalue weighted by Crippen LogP contribution is 1.98. The fraction of sp³-hybridized carbons (Fsp3) is 0.600. The zero-order valence-corrected chi connectivity index (χ0v) is 5.61. The molecule has 0 aliphatic rings. The average molecular weight is 147 g/mol. The van der Waals surface area contributed by atoms with E-state index >= 15 is 0 Å². The monoisotopic (exact) mass is 147 g/mol. The zero-order chi connectivity index (χ0) is 7.11. The lowest BCUT2D eigenvalue weighted by Crippen LogP contribution is -1.96. The van der Waals surface area contributed by atoms with Crippen LogP contribution in [-0.2, 0) is 9.59 Å². The van der Waals surface area contributed by atoms with E-state index in [1.54, 1.807) is 6.29 Å². The Labute approximate surface area is 57.4 Å². The quantitative estimate of drug-likeness (QED) is 0.568. The molecular formula is C5H7O3S. The molecule has 0 aromatic heterocycles. The van der Waals surface area contributed by atoms with Gasteiger partial charge < -0.3 is 5.11 Å². The van der Waals surface area contributed by atoms with Gasteiger partial charge in [-0.15, -0.1) is 0 Å². The van der Waals surface area contributed by atoms with Crippen molar-refractivity contribution in [1.82, 2.24) is 0 Å². The van der Waals surface area contributed by atoms with Crippen LogP contribution < -0.4 is 0 Å². The maximum absolute atomic E-state index is 9.85. The second-order valence-corrected chi connectivity index (χ2v) is 2.45. The molecule has 0 spiro atoms. The number of aliphatic carboxylic acids is 1. The SMILES string of the molecule is O=[C]CSCCC(=O)O. The Hall–Kier alpha value is -0.510. The van der Waals surface area contributed by atoms with E-state index < -0.39 is 5.97 Å². The lowest BCUT2D eigenvalue weighted by molar-refractivity contribution is -0.136. The van der Waals surface area contributed by atoms with Crippen molar-refractivity contribution in [2.24, 2.45) is 0 Å². The van der Waals surface area contributed by atoms with Crippen LogP contribution >= 0.6 is 11.8 Å². The van der Waals surface area contributed by atoms with Gasteiger partial charge in [-0.05, 0) is 0 Å². The van der Waals surface area contributed by atoms with Gasteiger partial charge in [-0.1, -0.05) is 0 Å². The lowest BCUT2D eigenvalue weighted by atomic mass is 10.5. The molecule has 4 heteroatoms. The van der Waals surface area contributed by atoms with Crippen LogP contribution in [0, 0.1) is 0 Å². The van der Waals surface area contributed by atoms with Crippen molar-refractivity contribution >= 4 is 24.0 Å². The van der Waals surface area contributed by atoms with Gasteiger partial charge in [0.15, 0.2) is 0 Å². The molecule has 0 aromatic rings. The van der Waals surface area contributed by atoms with Crippen LogP contribution in [0.5, 0.6) is 0 Å². The normalized spacial score (nSPS) is 8.89. The highest BCUT2D eigenvalue weighted by Gasteiger charge is 1.94. The van der Waals surface area contributed by atoms with Crippen LogP contribution in [0.3, 0.4) is 0 Å². The highest BCUT2D eigenvalue weighted by atomic mass is 32.2. The van der Waals surface area contributed by atoms with Crippen LogP contribution in [0.25, 0.3) is 0 Å². The minimum atomic E-state index is -0.826. The number of hydrogen-bond acceptors (Lipinski definition) is 3. The predicted molar refractivity (Wildman–Crippen MR) is 35.3 cm³/mol. The van der Waals surface area contributed by atoms with Gasteiger partial charge in [0.2, 0.25) is 6.29 Å². The first kappa shape index (κ1) is 8.49. The summed E-state index contributed by atoms with van der Waals surface area (Å²) in [5, 5.41) is 8.10. The first-order valence-corrected chi connectivity index (χ1v) is 3.57. The van der Waals surface area contributed by atoms with Crippen LogP contribution in [-0.4, -0.2) is 28.9 Å². The summed E-state index contributed by atoms with van der Waals surface area (Å²) in [7, 11) is 0. The Morgan fingerprint density at radius 2 is 2.33 bits per heavy atom. The third-order valence-electron chi connectivity index (χ3n) is 0.621. The Bertz CT molecular complexity index is 102. The first-order chi connectivity index (χ1) is 4.27. The topological polar surface area (TPSA) is 54.4 Å². The molecule has 0 saturated carbocycles. The molecule has 0 aromatic carbocycles. The van der Waals surface area contributed by atoms with Crippen molar-refractivity contribution in [2.75, 3.05) is 11.5 Å². The van der Waals surface area contributed by atoms with E-state index in [9.17, 15) is 9.59 Å². The van der Waals surface area contributed by atoms with E-state index in [2.05, 4.69) is 0 Å². The molecule has 0 rings (SSSR count). The van der Waals surface area contributed by atoms with Gasteiger partial charge in [-0.2, -0.15) is 11.8 Å². The standard InChI is InChI=1S/C5H7O3S/c6-2-4-9-3-1-5(7)8/h1,3-4H2,(H,7,8). The van der Waals surface area contributed by atoms with Gasteiger partial charge in [-0.25, -0.2) is 0 Å². The second kappa shape index (κ2) is 5.62. The molecule has 0 aliphatic heterocycles. The van der Waals surface area contributed by atoms with Gasteiger partial charge in [0, 0.05) is 5.75 Å². The smallest absolute Gasteiger partial charge is 0.304 e. The molecule has 0 aliphatic carbocycles. The Kier molecular flexibility index (Phi) is 5.30. The molecule has 0 atom stereocenters. The molecule has 0 fully saturated rings. The summed E-state index contributed by atoms with van der Waals surface area (Å²) < 4.78 is 0. The molecular weight excluding hydrogens is 140 g/mol. The average Bonchev–Trinajstić information content (AvgIpc) is 1.80. The molecule has 3 nitrogen and oxygen atoms in total. The largest absolute Gasteiger partial charge is 0.481 e. The Morgan fingerprint density at radius 1 is 1.67 bits per heavy atom. The maximum atomic E-state index is 9.85. The summed E-state index contributed by atoms with van der Waals surface area (Å²) in [6.45, 7) is 0. The predicted octanol–water partition coefficient (Wildman–Crippen LogP) is 0.304. The minimum Gasteiger partial charge on any atom is -0.481 e. The Morgan fingerprint density at radius 3 is 2.78 bits per heavy atom. The lowest BCUT2D eigenvalue weighted by Gasteiger charge is -1.89. The summed E-state index contributed by atoms with van der Waals surface area (Å²) >= 11 is 1.28. The van der Waals surface area contributed by atoms with Crippen LogP contribution in [0.15, 0.2) is 0 Å². The van der Waals surface area contributed by atoms with Crippen molar-refractivity contribution in [3.8, 4) is 0 Å². The van der Waals surface area contributed by atoms with Gasteiger partial charge in [-0.3, -0.25) is 9.59 Å². The number of carbonyl (C=O) groups excluding carboxylic acids is 1. The van der Waals surface area contributed by atoms with Crippen molar-refractivity contribution < 1.29 is 14.7 Å². The highest BCUT2D eigenvalue weighted by molar-refractivity contribution is 7.99. The summed E-state index contributed by atoms with van der Waals surface area (Å²) in [6.07, 6.45) is 1.78. The van der Waals surface area contributed by atoms with Gasteiger partial charge >= 0.3 is 5.97 Å². The van der Waals surface area contributed by atoms with E-state index in [1.807, 2.05) is 0 Å². The van der Waals surface area contributed by atoms with Crippen molar-refractivity contribution in [3.05, 3.63) is 0 Å². The molecule has 0 bridgehead atoms. The summed E-state index contributed by atoms with van der Waals surface area (Å²) in [6, 6.07) is 0. The number of carboxylic acid groups (broad SMARTS) is 1. The van der Waals surface area contributed by atoms with Crippen molar-refractivity contribution in [3.63, 3.8) is 0 Å². The van der Waals surface area contributed by atoms with Gasteiger partial charge in [0.1, 0.15) is 0 Å². The van der Waals surface area contributed by atoms with Gasteiger partial charge in [0.05, 0.1) is 12.2 Å². The molecule has 0 unspecified atom stereocenters. The fourth-order valence-corrected chi connectivity index (χ4v) is 0.820. The third-order valence-corrected chi connectivity index (χ3v) is 1.44. The Balaban J connectivity index is 2.91. The van der Waals surface area contributed by atoms with Crippen LogP contribution in [0.1, 0.15) is 6.42 Å². The van der Waals surface area contributed by atoms with E-state index in [0.717, 1.165) is 0 Å². The molecule has 51 valence electrons. The van der Waals surface area contributed by atoms with E-state index in [4.69, 9.17) is 5.11 Å². The van der Waals surface area contributed by atoms with E-state index in [1.165, 1.54) is 11.8 Å². The molecule has 9 heavy (non-hydrogen) atoms. The molecule has 0 amide bonds. The molecule has 0 saturated heterocycles. The fourth-order valence-electron chi connectivity index (χ4n) is 0.273. The zero-order valence-electron chi connectivity index (χ0n) is 4.79. The number of carboxylic acids is 1. The van der Waals surface area contributed by atoms with E-state index in [-0.39, 0.29) is 12.2 Å². The third kappa shape index (κ3) is 7.49. The number of hydrogen-bond donors (Lipinski definition) is 1. The first-order valence-electron chi connectivity index (χ1n) is 2.42. The number of carbonyl (C=O) groups is 1. The molecule has 0 heterocycles.